The van der Waals surface area contributed by atoms with Gasteiger partial charge in [-0.3, -0.25) is 9.48 Å². The van der Waals surface area contributed by atoms with Gasteiger partial charge in [0.05, 0.1) is 29.1 Å². The van der Waals surface area contributed by atoms with Crippen LogP contribution in [0.3, 0.4) is 0 Å². The van der Waals surface area contributed by atoms with Gasteiger partial charge in [-0.2, -0.15) is 5.10 Å². The molecule has 1 heterocycles. The highest BCUT2D eigenvalue weighted by atomic mass is 16.3. The first kappa shape index (κ1) is 16.2. The largest absolute Gasteiger partial charge is 0.385 e. The average molecular weight is 301 g/mol. The molecule has 118 valence electrons. The normalized spacial score (nSPS) is 13.7. The van der Waals surface area contributed by atoms with Gasteiger partial charge in [-0.05, 0) is 33.3 Å². The average Bonchev–Trinajstić information content (AvgIpc) is 2.75. The van der Waals surface area contributed by atoms with Gasteiger partial charge in [0, 0.05) is 6.54 Å². The summed E-state index contributed by atoms with van der Waals surface area (Å²) in [6.45, 7) is 8.20. The lowest BCUT2D eigenvalue weighted by Gasteiger charge is -2.23. The molecule has 5 nitrogen and oxygen atoms in total. The standard InChI is InChI=1S/C17H23N3O2/c1-5-20-13(3)16(12(2)19-20)18-15(21)11-17(4,22)14-9-7-6-8-10-14/h6-10,22H,5,11H2,1-4H3,(H,18,21). The number of anilines is 1. The highest BCUT2D eigenvalue weighted by molar-refractivity contribution is 5.92. The molecule has 5 heteroatoms. The van der Waals surface area contributed by atoms with Crippen molar-refractivity contribution in [3.05, 3.63) is 47.3 Å². The molecule has 0 saturated heterocycles. The smallest absolute Gasteiger partial charge is 0.227 e. The zero-order valence-corrected chi connectivity index (χ0v) is 13.6. The Kier molecular flexibility index (Phi) is 4.66. The van der Waals surface area contributed by atoms with Gasteiger partial charge in [-0.1, -0.05) is 30.3 Å². The van der Waals surface area contributed by atoms with Gasteiger partial charge in [0.2, 0.25) is 5.91 Å². The third-order valence-corrected chi connectivity index (χ3v) is 3.85. The van der Waals surface area contributed by atoms with Crippen LogP contribution in [0.5, 0.6) is 0 Å². The van der Waals surface area contributed by atoms with Crippen LogP contribution in [0.15, 0.2) is 30.3 Å². The predicted molar refractivity (Wildman–Crippen MR) is 86.6 cm³/mol. The van der Waals surface area contributed by atoms with Crippen molar-refractivity contribution in [1.29, 1.82) is 0 Å². The number of amides is 1. The molecule has 1 aromatic heterocycles. The first-order valence-corrected chi connectivity index (χ1v) is 7.47. The Hall–Kier alpha value is -2.14. The maximum atomic E-state index is 12.3. The number of hydrogen-bond acceptors (Lipinski definition) is 3. The lowest BCUT2D eigenvalue weighted by molar-refractivity contribution is -0.120. The van der Waals surface area contributed by atoms with Crippen LogP contribution in [-0.2, 0) is 16.9 Å². The van der Waals surface area contributed by atoms with E-state index in [9.17, 15) is 9.90 Å². The lowest BCUT2D eigenvalue weighted by atomic mass is 9.92. The van der Waals surface area contributed by atoms with E-state index in [2.05, 4.69) is 10.4 Å². The van der Waals surface area contributed by atoms with E-state index < -0.39 is 5.60 Å². The number of carbonyl (C=O) groups excluding carboxylic acids is 1. The highest BCUT2D eigenvalue weighted by Gasteiger charge is 2.27. The molecule has 0 aliphatic carbocycles. The van der Waals surface area contributed by atoms with Crippen molar-refractivity contribution in [3.8, 4) is 0 Å². The molecule has 2 rings (SSSR count). The van der Waals surface area contributed by atoms with Crippen LogP contribution in [0.4, 0.5) is 5.69 Å². The summed E-state index contributed by atoms with van der Waals surface area (Å²) < 4.78 is 1.85. The minimum absolute atomic E-state index is 0.00675. The van der Waals surface area contributed by atoms with Crippen LogP contribution in [0.1, 0.15) is 37.2 Å². The van der Waals surface area contributed by atoms with Gasteiger partial charge >= 0.3 is 0 Å². The molecule has 0 aliphatic heterocycles. The summed E-state index contributed by atoms with van der Waals surface area (Å²) >= 11 is 0. The number of hydrogen-bond donors (Lipinski definition) is 2. The zero-order valence-electron chi connectivity index (χ0n) is 13.6. The molecule has 0 bridgehead atoms. The molecule has 1 amide bonds. The number of benzene rings is 1. The SMILES string of the molecule is CCn1nc(C)c(NC(=O)CC(C)(O)c2ccccc2)c1C. The van der Waals surface area contributed by atoms with Crippen LogP contribution < -0.4 is 5.32 Å². The van der Waals surface area contributed by atoms with Gasteiger partial charge in [-0.25, -0.2) is 0 Å². The van der Waals surface area contributed by atoms with Gasteiger partial charge in [0.15, 0.2) is 0 Å². The van der Waals surface area contributed by atoms with Crippen LogP contribution in [-0.4, -0.2) is 20.8 Å². The van der Waals surface area contributed by atoms with E-state index >= 15 is 0 Å². The van der Waals surface area contributed by atoms with Gasteiger partial charge < -0.3 is 10.4 Å². The van der Waals surface area contributed by atoms with Gasteiger partial charge in [0.1, 0.15) is 0 Å². The summed E-state index contributed by atoms with van der Waals surface area (Å²) in [4.78, 5) is 12.3. The van der Waals surface area contributed by atoms with E-state index in [0.29, 0.717) is 0 Å². The number of rotatable bonds is 5. The van der Waals surface area contributed by atoms with E-state index in [1.165, 1.54) is 0 Å². The Morgan fingerprint density at radius 1 is 1.32 bits per heavy atom. The maximum absolute atomic E-state index is 12.3. The Labute approximate surface area is 131 Å². The fraction of sp³-hybridized carbons (Fsp3) is 0.412. The maximum Gasteiger partial charge on any atom is 0.227 e. The fourth-order valence-corrected chi connectivity index (χ4v) is 2.58. The third kappa shape index (κ3) is 3.36. The molecule has 0 saturated carbocycles. The number of carbonyl (C=O) groups is 1. The molecule has 0 aliphatic rings. The second-order valence-corrected chi connectivity index (χ2v) is 5.73. The molecule has 1 atom stereocenters. The fourth-order valence-electron chi connectivity index (χ4n) is 2.58. The molecule has 22 heavy (non-hydrogen) atoms. The first-order chi connectivity index (χ1) is 10.3. The number of nitrogens with one attached hydrogen (secondary N) is 1. The summed E-state index contributed by atoms with van der Waals surface area (Å²) in [7, 11) is 0. The van der Waals surface area contributed by atoms with Crippen LogP contribution in [0.2, 0.25) is 0 Å². The van der Waals surface area contributed by atoms with E-state index in [1.54, 1.807) is 6.92 Å². The Morgan fingerprint density at radius 3 is 2.50 bits per heavy atom. The van der Waals surface area contributed by atoms with Crippen molar-refractivity contribution in [2.75, 3.05) is 5.32 Å². The van der Waals surface area contributed by atoms with E-state index in [1.807, 2.05) is 55.8 Å². The minimum Gasteiger partial charge on any atom is -0.385 e. The van der Waals surface area contributed by atoms with Crippen molar-refractivity contribution in [2.24, 2.45) is 0 Å². The number of nitrogens with zero attached hydrogens (tertiary/aromatic N) is 2. The van der Waals surface area contributed by atoms with Gasteiger partial charge in [0.25, 0.3) is 0 Å². The number of aryl methyl sites for hydroxylation is 2. The predicted octanol–water partition coefficient (Wildman–Crippen LogP) is 2.76. The second kappa shape index (κ2) is 6.32. The van der Waals surface area contributed by atoms with Crippen molar-refractivity contribution in [1.82, 2.24) is 9.78 Å². The summed E-state index contributed by atoms with van der Waals surface area (Å²) in [6, 6.07) is 9.21. The summed E-state index contributed by atoms with van der Waals surface area (Å²) in [6.07, 6.45) is -0.00675. The van der Waals surface area contributed by atoms with E-state index in [-0.39, 0.29) is 12.3 Å². The first-order valence-electron chi connectivity index (χ1n) is 7.47. The Morgan fingerprint density at radius 2 is 1.95 bits per heavy atom. The topological polar surface area (TPSA) is 67.2 Å². The summed E-state index contributed by atoms with van der Waals surface area (Å²) in [5.41, 5.74) is 1.96. The molecule has 0 spiro atoms. The second-order valence-electron chi connectivity index (χ2n) is 5.73. The van der Waals surface area contributed by atoms with E-state index in [0.717, 1.165) is 29.2 Å². The quantitative estimate of drug-likeness (QED) is 0.892. The summed E-state index contributed by atoms with van der Waals surface area (Å²) in [5.74, 6) is -0.226. The van der Waals surface area contributed by atoms with E-state index in [4.69, 9.17) is 0 Å². The molecule has 1 unspecified atom stereocenters. The molecule has 0 radical (unpaired) electrons. The van der Waals surface area contributed by atoms with Gasteiger partial charge in [-0.15, -0.1) is 0 Å². The molecule has 0 fully saturated rings. The van der Waals surface area contributed by atoms with Crippen LogP contribution in [0.25, 0.3) is 0 Å². The molecule has 2 aromatic rings. The Bertz CT molecular complexity index is 660. The monoisotopic (exact) mass is 301 g/mol. The molecule has 2 N–H and O–H groups in total. The molecule has 1 aromatic carbocycles. The van der Waals surface area contributed by atoms with Crippen molar-refractivity contribution < 1.29 is 9.90 Å². The summed E-state index contributed by atoms with van der Waals surface area (Å²) in [5, 5.41) is 17.8. The number of aromatic nitrogens is 2. The minimum atomic E-state index is -1.20. The third-order valence-electron chi connectivity index (χ3n) is 3.85. The number of aliphatic hydroxyl groups is 1. The molecular formula is C17H23N3O2. The Balaban J connectivity index is 2.12. The van der Waals surface area contributed by atoms with Crippen molar-refractivity contribution >= 4 is 11.6 Å². The van der Waals surface area contributed by atoms with Crippen molar-refractivity contribution in [2.45, 2.75) is 46.3 Å². The lowest BCUT2D eigenvalue weighted by Crippen LogP contribution is -2.28. The zero-order chi connectivity index (χ0) is 16.3. The van der Waals surface area contributed by atoms with Crippen LogP contribution in [0, 0.1) is 13.8 Å². The van der Waals surface area contributed by atoms with Crippen LogP contribution >= 0.6 is 0 Å². The van der Waals surface area contributed by atoms with Crippen molar-refractivity contribution in [3.63, 3.8) is 0 Å². The molecular weight excluding hydrogens is 278 g/mol. The highest BCUT2D eigenvalue weighted by Crippen LogP contribution is 2.26.